The number of aromatic amines is 1. The first-order valence-electron chi connectivity index (χ1n) is 5.35. The summed E-state index contributed by atoms with van der Waals surface area (Å²) in [6.07, 6.45) is 3.47. The van der Waals surface area contributed by atoms with Crippen LogP contribution < -0.4 is 10.5 Å². The highest BCUT2D eigenvalue weighted by atomic mass is 32.2. The summed E-state index contributed by atoms with van der Waals surface area (Å²) in [7, 11) is -3.41. The molecule has 0 aliphatic rings. The summed E-state index contributed by atoms with van der Waals surface area (Å²) in [4.78, 5) is 3.07. The van der Waals surface area contributed by atoms with Crippen molar-refractivity contribution in [2.75, 3.05) is 18.6 Å². The highest BCUT2D eigenvalue weighted by Crippen LogP contribution is 2.11. The summed E-state index contributed by atoms with van der Waals surface area (Å²) in [6, 6.07) is 1.56. The lowest BCUT2D eigenvalue weighted by Crippen LogP contribution is -2.29. The molecule has 5 nitrogen and oxygen atoms in total. The molecule has 1 rings (SSSR count). The molecule has 1 heterocycles. The minimum absolute atomic E-state index is 0.245. The number of thioether (sulfide) groups is 1. The third-order valence-corrected chi connectivity index (χ3v) is 4.62. The van der Waals surface area contributed by atoms with Crippen LogP contribution in [0.15, 0.2) is 17.2 Å². The van der Waals surface area contributed by atoms with Gasteiger partial charge < -0.3 is 10.7 Å². The molecule has 4 N–H and O–H groups in total. The lowest BCUT2D eigenvalue weighted by atomic mass is 10.2. The summed E-state index contributed by atoms with van der Waals surface area (Å²) in [6.45, 7) is 2.77. The molecule has 0 aliphatic carbocycles. The molecule has 0 radical (unpaired) electrons. The Morgan fingerprint density at radius 3 is 2.82 bits per heavy atom. The third-order valence-electron chi connectivity index (χ3n) is 2.32. The Bertz CT molecular complexity index is 442. The van der Waals surface area contributed by atoms with E-state index in [1.807, 2.05) is 13.2 Å². The zero-order chi connectivity index (χ0) is 12.9. The zero-order valence-corrected chi connectivity index (χ0v) is 11.7. The van der Waals surface area contributed by atoms with Crippen LogP contribution in [-0.4, -0.2) is 32.0 Å². The van der Waals surface area contributed by atoms with Gasteiger partial charge in [-0.25, -0.2) is 13.1 Å². The Balaban J connectivity index is 2.62. The Labute approximate surface area is 107 Å². The fourth-order valence-corrected chi connectivity index (χ4v) is 3.24. The lowest BCUT2D eigenvalue weighted by molar-refractivity contribution is 0.563. The normalized spacial score (nSPS) is 13.8. The van der Waals surface area contributed by atoms with Gasteiger partial charge in [0.15, 0.2) is 0 Å². The van der Waals surface area contributed by atoms with Gasteiger partial charge in [0.05, 0.1) is 4.90 Å². The molecule has 1 aromatic rings. The lowest BCUT2D eigenvalue weighted by Gasteiger charge is -2.10. The van der Waals surface area contributed by atoms with E-state index in [0.29, 0.717) is 24.7 Å². The summed E-state index contributed by atoms with van der Waals surface area (Å²) in [5, 5.41) is 0. The van der Waals surface area contributed by atoms with Crippen LogP contribution in [-0.2, 0) is 16.6 Å². The van der Waals surface area contributed by atoms with Gasteiger partial charge in [0.1, 0.15) is 0 Å². The Morgan fingerprint density at radius 1 is 1.59 bits per heavy atom. The number of hydrogen-bond acceptors (Lipinski definition) is 4. The van der Waals surface area contributed by atoms with Gasteiger partial charge in [-0.1, -0.05) is 6.92 Å². The summed E-state index contributed by atoms with van der Waals surface area (Å²) in [5.74, 6) is 1.25. The SMILES string of the molecule is CSCC(C)CNS(=O)(=O)c1c[nH]c(CN)c1. The molecular formula is C10H19N3O2S2. The average molecular weight is 277 g/mol. The van der Waals surface area contributed by atoms with Crippen molar-refractivity contribution in [3.8, 4) is 0 Å². The number of aromatic nitrogens is 1. The second-order valence-corrected chi connectivity index (χ2v) is 6.65. The number of hydrogen-bond donors (Lipinski definition) is 3. The van der Waals surface area contributed by atoms with Crippen LogP contribution in [0.1, 0.15) is 12.6 Å². The molecule has 0 saturated heterocycles. The first kappa shape index (κ1) is 14.6. The number of H-pyrrole nitrogens is 1. The van der Waals surface area contributed by atoms with Crippen molar-refractivity contribution in [3.63, 3.8) is 0 Å². The van der Waals surface area contributed by atoms with Gasteiger partial charge in [-0.2, -0.15) is 11.8 Å². The molecule has 0 fully saturated rings. The van der Waals surface area contributed by atoms with Crippen LogP contribution in [0.2, 0.25) is 0 Å². The number of nitrogens with two attached hydrogens (primary N) is 1. The van der Waals surface area contributed by atoms with Crippen LogP contribution in [0.5, 0.6) is 0 Å². The number of rotatable bonds is 7. The smallest absolute Gasteiger partial charge is 0.242 e. The fraction of sp³-hybridized carbons (Fsp3) is 0.600. The molecule has 1 atom stereocenters. The first-order chi connectivity index (χ1) is 7.99. The van der Waals surface area contributed by atoms with E-state index in [9.17, 15) is 8.42 Å². The topological polar surface area (TPSA) is 88.0 Å². The van der Waals surface area contributed by atoms with Crippen LogP contribution in [0.25, 0.3) is 0 Å². The van der Waals surface area contributed by atoms with Gasteiger partial charge in [-0.15, -0.1) is 0 Å². The minimum atomic E-state index is -3.41. The summed E-state index contributed by atoms with van der Waals surface area (Å²) in [5.41, 5.74) is 6.13. The van der Waals surface area contributed by atoms with Crippen molar-refractivity contribution < 1.29 is 8.42 Å². The second kappa shape index (κ2) is 6.44. The van der Waals surface area contributed by atoms with E-state index in [-0.39, 0.29) is 4.90 Å². The third kappa shape index (κ3) is 4.34. The molecule has 0 saturated carbocycles. The minimum Gasteiger partial charge on any atom is -0.363 e. The van der Waals surface area contributed by atoms with Crippen LogP contribution in [0.4, 0.5) is 0 Å². The predicted molar refractivity (Wildman–Crippen MR) is 71.4 cm³/mol. The molecule has 98 valence electrons. The van der Waals surface area contributed by atoms with Crippen molar-refractivity contribution in [3.05, 3.63) is 18.0 Å². The Kier molecular flexibility index (Phi) is 5.51. The average Bonchev–Trinajstić information content (AvgIpc) is 2.76. The van der Waals surface area contributed by atoms with E-state index in [2.05, 4.69) is 9.71 Å². The van der Waals surface area contributed by atoms with E-state index in [1.165, 1.54) is 6.20 Å². The zero-order valence-electron chi connectivity index (χ0n) is 10.1. The van der Waals surface area contributed by atoms with Crippen molar-refractivity contribution in [1.29, 1.82) is 0 Å². The van der Waals surface area contributed by atoms with E-state index in [1.54, 1.807) is 17.8 Å². The standard InChI is InChI=1S/C10H19N3O2S2/c1-8(7-16-2)5-13-17(14,15)10-3-9(4-11)12-6-10/h3,6,8,12-13H,4-5,7,11H2,1-2H3. The van der Waals surface area contributed by atoms with Gasteiger partial charge in [-0.3, -0.25) is 0 Å². The van der Waals surface area contributed by atoms with E-state index >= 15 is 0 Å². The van der Waals surface area contributed by atoms with E-state index in [0.717, 1.165) is 5.75 Å². The van der Waals surface area contributed by atoms with Crippen LogP contribution in [0.3, 0.4) is 0 Å². The first-order valence-corrected chi connectivity index (χ1v) is 8.23. The molecule has 7 heteroatoms. The van der Waals surface area contributed by atoms with Gasteiger partial charge in [0.25, 0.3) is 0 Å². The molecule has 0 spiro atoms. The van der Waals surface area contributed by atoms with E-state index in [4.69, 9.17) is 5.73 Å². The monoisotopic (exact) mass is 277 g/mol. The van der Waals surface area contributed by atoms with Gasteiger partial charge >= 0.3 is 0 Å². The Morgan fingerprint density at radius 2 is 2.29 bits per heavy atom. The number of sulfonamides is 1. The van der Waals surface area contributed by atoms with Crippen molar-refractivity contribution in [2.24, 2.45) is 11.7 Å². The summed E-state index contributed by atoms with van der Waals surface area (Å²) >= 11 is 1.71. The summed E-state index contributed by atoms with van der Waals surface area (Å²) < 4.78 is 26.4. The van der Waals surface area contributed by atoms with Crippen molar-refractivity contribution >= 4 is 21.8 Å². The molecule has 1 unspecified atom stereocenters. The number of nitrogens with one attached hydrogen (secondary N) is 2. The molecule has 1 aromatic heterocycles. The maximum atomic E-state index is 11.9. The maximum absolute atomic E-state index is 11.9. The van der Waals surface area contributed by atoms with Gasteiger partial charge in [-0.05, 0) is 24.0 Å². The Hall–Kier alpha value is -0.500. The quantitative estimate of drug-likeness (QED) is 0.686. The van der Waals surface area contributed by atoms with Crippen molar-refractivity contribution in [2.45, 2.75) is 18.4 Å². The molecule has 0 bridgehead atoms. The maximum Gasteiger partial charge on any atom is 0.242 e. The molecule has 17 heavy (non-hydrogen) atoms. The molecule has 0 aromatic carbocycles. The molecular weight excluding hydrogens is 258 g/mol. The highest BCUT2D eigenvalue weighted by Gasteiger charge is 2.16. The van der Waals surface area contributed by atoms with Crippen molar-refractivity contribution in [1.82, 2.24) is 9.71 Å². The van der Waals surface area contributed by atoms with Gasteiger partial charge in [0.2, 0.25) is 10.0 Å². The van der Waals surface area contributed by atoms with Gasteiger partial charge in [0, 0.05) is 25.0 Å². The second-order valence-electron chi connectivity index (χ2n) is 3.98. The van der Waals surface area contributed by atoms with Crippen LogP contribution in [0, 0.1) is 5.92 Å². The predicted octanol–water partition coefficient (Wildman–Crippen LogP) is 0.751. The molecule has 0 aliphatic heterocycles. The fourth-order valence-electron chi connectivity index (χ4n) is 1.37. The van der Waals surface area contributed by atoms with Crippen LogP contribution >= 0.6 is 11.8 Å². The van der Waals surface area contributed by atoms with E-state index < -0.39 is 10.0 Å². The molecule has 0 amide bonds. The largest absolute Gasteiger partial charge is 0.363 e. The highest BCUT2D eigenvalue weighted by molar-refractivity contribution is 7.98.